The summed E-state index contributed by atoms with van der Waals surface area (Å²) in [5.41, 5.74) is 4.94. The first kappa shape index (κ1) is 25.2. The Kier molecular flexibility index (Phi) is 7.20. The fraction of sp³-hybridized carbons (Fsp3) is 0.321. The van der Waals surface area contributed by atoms with Crippen LogP contribution in [0.3, 0.4) is 0 Å². The summed E-state index contributed by atoms with van der Waals surface area (Å²) in [6, 6.07) is 12.7. The highest BCUT2D eigenvalue weighted by Gasteiger charge is 2.22. The van der Waals surface area contributed by atoms with E-state index in [0.29, 0.717) is 35.4 Å². The lowest BCUT2D eigenvalue weighted by Gasteiger charge is -2.29. The van der Waals surface area contributed by atoms with Crippen LogP contribution < -0.4 is 10.1 Å². The molecule has 1 unspecified atom stereocenters. The van der Waals surface area contributed by atoms with Gasteiger partial charge in [0.25, 0.3) is 0 Å². The van der Waals surface area contributed by atoms with Gasteiger partial charge in [0.1, 0.15) is 5.52 Å². The van der Waals surface area contributed by atoms with Gasteiger partial charge in [-0.1, -0.05) is 12.1 Å². The lowest BCUT2D eigenvalue weighted by atomic mass is 10.00. The number of hydrogen-bond donors (Lipinski definition) is 2. The minimum atomic E-state index is -1.11. The first-order chi connectivity index (χ1) is 18.4. The average Bonchev–Trinajstić information content (AvgIpc) is 3.41. The van der Waals surface area contributed by atoms with Crippen LogP contribution >= 0.6 is 0 Å². The molecule has 4 heterocycles. The summed E-state index contributed by atoms with van der Waals surface area (Å²) in [6.07, 6.45) is 6.33. The van der Waals surface area contributed by atoms with Gasteiger partial charge in [0.05, 0.1) is 53.9 Å². The molecule has 1 aliphatic rings. The third kappa shape index (κ3) is 5.28. The molecular weight excluding hydrogens is 482 g/mol. The van der Waals surface area contributed by atoms with E-state index in [1.165, 1.54) is 0 Å². The second-order valence-electron chi connectivity index (χ2n) is 9.68. The Hall–Kier alpha value is -4.49. The van der Waals surface area contributed by atoms with Gasteiger partial charge in [0.15, 0.2) is 0 Å². The molecule has 5 rings (SSSR count). The predicted octanol–water partition coefficient (Wildman–Crippen LogP) is 4.38. The van der Waals surface area contributed by atoms with Gasteiger partial charge in [-0.2, -0.15) is 5.26 Å². The van der Waals surface area contributed by atoms with Gasteiger partial charge in [-0.05, 0) is 57.6 Å². The second kappa shape index (κ2) is 10.9. The van der Waals surface area contributed by atoms with Crippen LogP contribution in [0.15, 0.2) is 55.1 Å². The van der Waals surface area contributed by atoms with Crippen molar-refractivity contribution in [3.05, 3.63) is 66.4 Å². The summed E-state index contributed by atoms with van der Waals surface area (Å²) in [4.78, 5) is 27.3. The number of pyridine rings is 1. The number of piperidine rings is 1. The SMILES string of the molecule is CC(NC(=O)O)c1ccc(-c2c(-c3ccc(C#N)cc3)nc(OC[C@@H]3CCCN(C)C3)c3cncn23)cn1. The van der Waals surface area contributed by atoms with Crippen LogP contribution in [0.25, 0.3) is 28.0 Å². The Labute approximate surface area is 220 Å². The molecule has 10 nitrogen and oxygen atoms in total. The fourth-order valence-corrected chi connectivity index (χ4v) is 4.91. The van der Waals surface area contributed by atoms with Crippen LogP contribution in [0.2, 0.25) is 0 Å². The first-order valence-corrected chi connectivity index (χ1v) is 12.6. The number of benzene rings is 1. The monoisotopic (exact) mass is 511 g/mol. The van der Waals surface area contributed by atoms with Crippen molar-refractivity contribution in [2.24, 2.45) is 5.92 Å². The third-order valence-corrected chi connectivity index (χ3v) is 6.84. The summed E-state index contributed by atoms with van der Waals surface area (Å²) in [5.74, 6) is 0.928. The lowest BCUT2D eigenvalue weighted by molar-refractivity contribution is 0.148. The van der Waals surface area contributed by atoms with Gasteiger partial charge in [-0.15, -0.1) is 0 Å². The molecule has 2 N–H and O–H groups in total. The van der Waals surface area contributed by atoms with E-state index in [2.05, 4.69) is 33.3 Å². The van der Waals surface area contributed by atoms with Gasteiger partial charge >= 0.3 is 6.09 Å². The number of amides is 1. The maximum atomic E-state index is 11.0. The predicted molar refractivity (Wildman–Crippen MR) is 142 cm³/mol. The highest BCUT2D eigenvalue weighted by Crippen LogP contribution is 2.35. The van der Waals surface area contributed by atoms with Crippen molar-refractivity contribution in [3.63, 3.8) is 0 Å². The molecular formula is C28H29N7O3. The zero-order chi connectivity index (χ0) is 26.6. The number of nitriles is 1. The van der Waals surface area contributed by atoms with Gasteiger partial charge in [-0.25, -0.2) is 14.8 Å². The quantitative estimate of drug-likeness (QED) is 0.374. The first-order valence-electron chi connectivity index (χ1n) is 12.6. The van der Waals surface area contributed by atoms with Crippen molar-refractivity contribution >= 4 is 11.6 Å². The Morgan fingerprint density at radius 1 is 1.24 bits per heavy atom. The van der Waals surface area contributed by atoms with E-state index in [4.69, 9.17) is 14.8 Å². The van der Waals surface area contributed by atoms with Crippen LogP contribution in [-0.2, 0) is 0 Å². The molecule has 10 heteroatoms. The van der Waals surface area contributed by atoms with Crippen LogP contribution in [0, 0.1) is 17.2 Å². The van der Waals surface area contributed by atoms with Crippen molar-refractivity contribution in [3.8, 4) is 34.5 Å². The molecule has 0 saturated carbocycles. The Morgan fingerprint density at radius 2 is 2.03 bits per heavy atom. The van der Waals surface area contributed by atoms with Crippen molar-refractivity contribution in [2.75, 3.05) is 26.7 Å². The van der Waals surface area contributed by atoms with E-state index in [0.717, 1.165) is 48.3 Å². The van der Waals surface area contributed by atoms with Crippen LogP contribution in [0.4, 0.5) is 4.79 Å². The number of fused-ring (bicyclic) bond motifs is 1. The molecule has 38 heavy (non-hydrogen) atoms. The molecule has 1 saturated heterocycles. The van der Waals surface area contributed by atoms with Gasteiger partial charge in [0.2, 0.25) is 5.88 Å². The summed E-state index contributed by atoms with van der Waals surface area (Å²) in [7, 11) is 2.13. The topological polar surface area (TPSA) is 129 Å². The standard InChI is InChI=1S/C28H29N7O3/c1-18(32-28(36)37)23-10-9-22(13-31-23)26-25(21-7-5-19(12-29)6-8-21)33-27(24-14-30-17-35(24)26)38-16-20-4-3-11-34(2)15-20/h5-10,13-14,17-18,20,32H,3-4,11,15-16H2,1-2H3,(H,36,37)/t18?,20-/m1/s1. The molecule has 0 bridgehead atoms. The molecule has 3 aromatic heterocycles. The lowest BCUT2D eigenvalue weighted by Crippen LogP contribution is -2.34. The number of hydrogen-bond acceptors (Lipinski definition) is 7. The zero-order valence-electron chi connectivity index (χ0n) is 21.3. The van der Waals surface area contributed by atoms with Crippen molar-refractivity contribution < 1.29 is 14.6 Å². The van der Waals surface area contributed by atoms with E-state index >= 15 is 0 Å². The van der Waals surface area contributed by atoms with Crippen LogP contribution in [0.5, 0.6) is 5.88 Å². The number of carbonyl (C=O) groups is 1. The normalized spacial score (nSPS) is 16.6. The van der Waals surface area contributed by atoms with Gasteiger partial charge < -0.3 is 20.1 Å². The van der Waals surface area contributed by atoms with E-state index in [1.807, 2.05) is 22.6 Å². The third-order valence-electron chi connectivity index (χ3n) is 6.84. The Bertz CT molecular complexity index is 1480. The Morgan fingerprint density at radius 3 is 2.71 bits per heavy atom. The summed E-state index contributed by atoms with van der Waals surface area (Å²) >= 11 is 0. The fourth-order valence-electron chi connectivity index (χ4n) is 4.91. The number of aromatic nitrogens is 4. The van der Waals surface area contributed by atoms with Crippen LogP contribution in [0.1, 0.15) is 37.1 Å². The molecule has 0 radical (unpaired) electrons. The smallest absolute Gasteiger partial charge is 0.405 e. The van der Waals surface area contributed by atoms with Crippen molar-refractivity contribution in [2.45, 2.75) is 25.8 Å². The Balaban J connectivity index is 1.57. The van der Waals surface area contributed by atoms with E-state index in [-0.39, 0.29) is 0 Å². The molecule has 0 aliphatic carbocycles. The summed E-state index contributed by atoms with van der Waals surface area (Å²) in [6.45, 7) is 4.40. The summed E-state index contributed by atoms with van der Waals surface area (Å²) < 4.78 is 8.26. The molecule has 4 aromatic rings. The van der Waals surface area contributed by atoms with Gasteiger partial charge in [0, 0.05) is 29.8 Å². The minimum Gasteiger partial charge on any atom is -0.476 e. The second-order valence-corrected chi connectivity index (χ2v) is 9.68. The van der Waals surface area contributed by atoms with Crippen LogP contribution in [-0.4, -0.2) is 62.2 Å². The largest absolute Gasteiger partial charge is 0.476 e. The van der Waals surface area contributed by atoms with Crippen molar-refractivity contribution in [1.82, 2.24) is 29.6 Å². The molecule has 1 amide bonds. The number of rotatable bonds is 7. The number of nitrogens with zero attached hydrogens (tertiary/aromatic N) is 6. The maximum absolute atomic E-state index is 11.0. The molecule has 1 fully saturated rings. The molecule has 1 aromatic carbocycles. The zero-order valence-corrected chi connectivity index (χ0v) is 21.3. The minimum absolute atomic E-state index is 0.426. The van der Waals surface area contributed by atoms with Gasteiger partial charge in [-0.3, -0.25) is 9.38 Å². The molecule has 0 spiro atoms. The number of nitrogens with one attached hydrogen (secondary N) is 1. The number of ether oxygens (including phenoxy) is 1. The van der Waals surface area contributed by atoms with E-state index < -0.39 is 12.1 Å². The number of likely N-dealkylation sites (tertiary alicyclic amines) is 1. The van der Waals surface area contributed by atoms with E-state index in [1.54, 1.807) is 43.8 Å². The molecule has 2 atom stereocenters. The molecule has 194 valence electrons. The highest BCUT2D eigenvalue weighted by molar-refractivity contribution is 5.82. The van der Waals surface area contributed by atoms with E-state index in [9.17, 15) is 10.1 Å². The van der Waals surface area contributed by atoms with Crippen molar-refractivity contribution in [1.29, 1.82) is 5.26 Å². The number of carboxylic acid groups (broad SMARTS) is 1. The molecule has 1 aliphatic heterocycles. The summed E-state index contributed by atoms with van der Waals surface area (Å²) in [5, 5.41) is 20.7. The maximum Gasteiger partial charge on any atom is 0.405 e. The highest BCUT2D eigenvalue weighted by atomic mass is 16.5. The number of imidazole rings is 1. The average molecular weight is 512 g/mol.